The van der Waals surface area contributed by atoms with Crippen LogP contribution in [0.2, 0.25) is 0 Å². The molecule has 110 valence electrons. The summed E-state index contributed by atoms with van der Waals surface area (Å²) in [4.78, 5) is 7.19. The van der Waals surface area contributed by atoms with Gasteiger partial charge in [0.15, 0.2) is 0 Å². The van der Waals surface area contributed by atoms with Gasteiger partial charge in [0.25, 0.3) is 0 Å². The van der Waals surface area contributed by atoms with Gasteiger partial charge in [0.2, 0.25) is 0 Å². The Balaban J connectivity index is 1.69. The summed E-state index contributed by atoms with van der Waals surface area (Å²) in [7, 11) is 1.72. The molecule has 1 aliphatic heterocycles. The van der Waals surface area contributed by atoms with Crippen molar-refractivity contribution in [2.24, 2.45) is 0 Å². The predicted molar refractivity (Wildman–Crippen MR) is 80.0 cm³/mol. The van der Waals surface area contributed by atoms with Gasteiger partial charge in [-0.1, -0.05) is 12.8 Å². The van der Waals surface area contributed by atoms with Crippen LogP contribution in [0, 0.1) is 6.92 Å². The lowest BCUT2D eigenvalue weighted by molar-refractivity contribution is 0.127. The van der Waals surface area contributed by atoms with Crippen LogP contribution < -0.4 is 10.1 Å². The second-order valence-corrected chi connectivity index (χ2v) is 6.26. The lowest BCUT2D eigenvalue weighted by Crippen LogP contribution is -2.58. The molecule has 2 aliphatic rings. The Morgan fingerprint density at radius 3 is 2.90 bits per heavy atom. The average Bonchev–Trinajstić information content (AvgIpc) is 2.86. The fourth-order valence-electron chi connectivity index (χ4n) is 3.69. The largest absolute Gasteiger partial charge is 0.497 e. The quantitative estimate of drug-likeness (QED) is 0.917. The molecular weight excluding hydrogens is 250 g/mol. The number of nitrogens with zero attached hydrogens (tertiary/aromatic N) is 2. The van der Waals surface area contributed by atoms with E-state index in [0.29, 0.717) is 5.54 Å². The van der Waals surface area contributed by atoms with Gasteiger partial charge in [0, 0.05) is 49.5 Å². The number of nitrogens with one attached hydrogen (secondary N) is 1. The standard InChI is InChI=1S/C16H25N3O/c1-13-9-15(20-2)10-14(18-13)11-19-8-7-17-16(12-19)5-3-4-6-16/h9-10,17H,3-8,11-12H2,1-2H3. The first-order chi connectivity index (χ1) is 9.69. The summed E-state index contributed by atoms with van der Waals surface area (Å²) in [5.74, 6) is 0.915. The lowest BCUT2D eigenvalue weighted by atomic mass is 9.94. The molecule has 1 aliphatic carbocycles. The van der Waals surface area contributed by atoms with E-state index < -0.39 is 0 Å². The zero-order chi connectivity index (χ0) is 14.0. The van der Waals surface area contributed by atoms with Crippen LogP contribution in [0.15, 0.2) is 12.1 Å². The van der Waals surface area contributed by atoms with E-state index in [0.717, 1.165) is 43.3 Å². The first-order valence-corrected chi connectivity index (χ1v) is 7.68. The van der Waals surface area contributed by atoms with Crippen LogP contribution in [-0.4, -0.2) is 42.2 Å². The minimum absolute atomic E-state index is 0.381. The van der Waals surface area contributed by atoms with Crippen molar-refractivity contribution in [1.82, 2.24) is 15.2 Å². The highest BCUT2D eigenvalue weighted by Gasteiger charge is 2.37. The van der Waals surface area contributed by atoms with E-state index in [1.807, 2.05) is 13.0 Å². The fourth-order valence-corrected chi connectivity index (χ4v) is 3.69. The van der Waals surface area contributed by atoms with E-state index in [9.17, 15) is 0 Å². The summed E-state index contributed by atoms with van der Waals surface area (Å²) >= 11 is 0. The van der Waals surface area contributed by atoms with E-state index in [1.165, 1.54) is 25.7 Å². The first kappa shape index (κ1) is 13.8. The van der Waals surface area contributed by atoms with Crippen LogP contribution in [0.1, 0.15) is 37.1 Å². The number of rotatable bonds is 3. The van der Waals surface area contributed by atoms with Crippen LogP contribution >= 0.6 is 0 Å². The summed E-state index contributed by atoms with van der Waals surface area (Å²) in [6.45, 7) is 6.33. The molecule has 0 aromatic carbocycles. The SMILES string of the molecule is COc1cc(C)nc(CN2CCNC3(CCCC3)C2)c1. The van der Waals surface area contributed by atoms with Gasteiger partial charge in [-0.2, -0.15) is 0 Å². The highest BCUT2D eigenvalue weighted by molar-refractivity contribution is 5.26. The third kappa shape index (κ3) is 2.96. The minimum Gasteiger partial charge on any atom is -0.497 e. The number of hydrogen-bond acceptors (Lipinski definition) is 4. The third-order valence-electron chi connectivity index (χ3n) is 4.62. The monoisotopic (exact) mass is 275 g/mol. The van der Waals surface area contributed by atoms with Gasteiger partial charge in [0.05, 0.1) is 12.8 Å². The van der Waals surface area contributed by atoms with Crippen molar-refractivity contribution < 1.29 is 4.74 Å². The molecule has 1 aromatic heterocycles. The van der Waals surface area contributed by atoms with Gasteiger partial charge in [-0.3, -0.25) is 9.88 Å². The van der Waals surface area contributed by atoms with Gasteiger partial charge < -0.3 is 10.1 Å². The number of hydrogen-bond donors (Lipinski definition) is 1. The number of piperazine rings is 1. The van der Waals surface area contributed by atoms with E-state index >= 15 is 0 Å². The molecule has 0 radical (unpaired) electrons. The molecule has 4 nitrogen and oxygen atoms in total. The van der Waals surface area contributed by atoms with Crippen LogP contribution in [-0.2, 0) is 6.54 Å². The van der Waals surface area contributed by atoms with Crippen LogP contribution in [0.25, 0.3) is 0 Å². The first-order valence-electron chi connectivity index (χ1n) is 7.68. The number of aromatic nitrogens is 1. The minimum atomic E-state index is 0.381. The van der Waals surface area contributed by atoms with E-state index in [2.05, 4.69) is 21.3 Å². The van der Waals surface area contributed by atoms with Crippen molar-refractivity contribution in [1.29, 1.82) is 0 Å². The number of aryl methyl sites for hydroxylation is 1. The molecule has 1 aromatic rings. The summed E-state index contributed by atoms with van der Waals surface area (Å²) in [5, 5.41) is 3.76. The van der Waals surface area contributed by atoms with Gasteiger partial charge in [-0.15, -0.1) is 0 Å². The Morgan fingerprint density at radius 1 is 1.35 bits per heavy atom. The number of methoxy groups -OCH3 is 1. The molecule has 0 unspecified atom stereocenters. The molecule has 0 bridgehead atoms. The molecule has 20 heavy (non-hydrogen) atoms. The Bertz CT molecular complexity index is 469. The Labute approximate surface area is 121 Å². The van der Waals surface area contributed by atoms with Crippen molar-refractivity contribution in [3.63, 3.8) is 0 Å². The summed E-state index contributed by atoms with van der Waals surface area (Å²) in [5.41, 5.74) is 2.54. The van der Waals surface area contributed by atoms with Crippen LogP contribution in [0.3, 0.4) is 0 Å². The van der Waals surface area contributed by atoms with Crippen LogP contribution in [0.5, 0.6) is 5.75 Å². The Kier molecular flexibility index (Phi) is 3.94. The van der Waals surface area contributed by atoms with Crippen molar-refractivity contribution in [2.75, 3.05) is 26.7 Å². The Hall–Kier alpha value is -1.13. The van der Waals surface area contributed by atoms with E-state index in [4.69, 9.17) is 4.74 Å². The molecule has 2 heterocycles. The molecule has 0 atom stereocenters. The summed E-state index contributed by atoms with van der Waals surface area (Å²) in [6.07, 6.45) is 5.40. The second-order valence-electron chi connectivity index (χ2n) is 6.26. The van der Waals surface area contributed by atoms with Crippen molar-refractivity contribution in [2.45, 2.75) is 44.7 Å². The van der Waals surface area contributed by atoms with Crippen LogP contribution in [0.4, 0.5) is 0 Å². The topological polar surface area (TPSA) is 37.4 Å². The third-order valence-corrected chi connectivity index (χ3v) is 4.62. The van der Waals surface area contributed by atoms with E-state index in [-0.39, 0.29) is 0 Å². The predicted octanol–water partition coefficient (Wildman–Crippen LogP) is 2.12. The zero-order valence-corrected chi connectivity index (χ0v) is 12.6. The fraction of sp³-hybridized carbons (Fsp3) is 0.688. The maximum absolute atomic E-state index is 5.35. The number of ether oxygens (including phenoxy) is 1. The molecule has 1 saturated carbocycles. The summed E-state index contributed by atoms with van der Waals surface area (Å²) in [6, 6.07) is 4.05. The van der Waals surface area contributed by atoms with Gasteiger partial charge in [0.1, 0.15) is 5.75 Å². The molecule has 1 saturated heterocycles. The molecule has 3 rings (SSSR count). The molecule has 2 fully saturated rings. The molecule has 0 amide bonds. The summed E-state index contributed by atoms with van der Waals surface area (Å²) < 4.78 is 5.35. The highest BCUT2D eigenvalue weighted by Crippen LogP contribution is 2.32. The maximum atomic E-state index is 5.35. The van der Waals surface area contributed by atoms with Crippen molar-refractivity contribution >= 4 is 0 Å². The molecule has 1 spiro atoms. The average molecular weight is 275 g/mol. The van der Waals surface area contributed by atoms with Gasteiger partial charge >= 0.3 is 0 Å². The smallest absolute Gasteiger partial charge is 0.122 e. The molecular formula is C16H25N3O. The Morgan fingerprint density at radius 2 is 2.15 bits per heavy atom. The van der Waals surface area contributed by atoms with Gasteiger partial charge in [-0.25, -0.2) is 0 Å². The normalized spacial score (nSPS) is 22.3. The van der Waals surface area contributed by atoms with Gasteiger partial charge in [-0.05, 0) is 19.8 Å². The lowest BCUT2D eigenvalue weighted by Gasteiger charge is -2.41. The zero-order valence-electron chi connectivity index (χ0n) is 12.6. The molecule has 1 N–H and O–H groups in total. The number of pyridine rings is 1. The second kappa shape index (κ2) is 5.70. The van der Waals surface area contributed by atoms with E-state index in [1.54, 1.807) is 7.11 Å². The highest BCUT2D eigenvalue weighted by atomic mass is 16.5. The molecule has 4 heteroatoms. The van der Waals surface area contributed by atoms with Crippen molar-refractivity contribution in [3.8, 4) is 5.75 Å². The van der Waals surface area contributed by atoms with Crippen molar-refractivity contribution in [3.05, 3.63) is 23.5 Å². The maximum Gasteiger partial charge on any atom is 0.122 e.